The Morgan fingerprint density at radius 3 is 2.71 bits per heavy atom. The molecule has 1 aromatic carbocycles. The quantitative estimate of drug-likeness (QED) is 0.809. The number of fused-ring (bicyclic) bond motifs is 1. The summed E-state index contributed by atoms with van der Waals surface area (Å²) in [5.41, 5.74) is 4.60. The molecule has 6 heteroatoms. The van der Waals surface area contributed by atoms with Gasteiger partial charge in [-0.25, -0.2) is 4.79 Å². The molecule has 110 valence electrons. The van der Waals surface area contributed by atoms with Crippen molar-refractivity contribution in [2.24, 2.45) is 0 Å². The summed E-state index contributed by atoms with van der Waals surface area (Å²) in [4.78, 5) is 13.8. The average Bonchev–Trinajstić information content (AvgIpc) is 3.05. The minimum atomic E-state index is -0.469. The van der Waals surface area contributed by atoms with E-state index in [4.69, 9.17) is 4.74 Å². The van der Waals surface area contributed by atoms with Crippen LogP contribution in [0, 0.1) is 0 Å². The lowest BCUT2D eigenvalue weighted by molar-refractivity contribution is 0.0242. The molecule has 0 N–H and O–H groups in total. The summed E-state index contributed by atoms with van der Waals surface area (Å²) in [6.07, 6.45) is -0.267. The lowest BCUT2D eigenvalue weighted by Crippen LogP contribution is -2.33. The second-order valence-electron chi connectivity index (χ2n) is 6.06. The second-order valence-corrected chi connectivity index (χ2v) is 6.90. The van der Waals surface area contributed by atoms with Gasteiger partial charge in [-0.2, -0.15) is 0 Å². The highest BCUT2D eigenvalue weighted by Gasteiger charge is 2.27. The number of hydrogen-bond acceptors (Lipinski definition) is 5. The molecule has 0 saturated carbocycles. The minimum Gasteiger partial charge on any atom is -0.444 e. The average molecular weight is 303 g/mol. The van der Waals surface area contributed by atoms with E-state index in [1.54, 1.807) is 10.4 Å². The van der Waals surface area contributed by atoms with Crippen molar-refractivity contribution in [2.45, 2.75) is 39.5 Å². The van der Waals surface area contributed by atoms with Crippen molar-refractivity contribution in [2.75, 3.05) is 0 Å². The number of nitrogens with zero attached hydrogens (tertiary/aromatic N) is 3. The molecule has 0 saturated heterocycles. The molecule has 0 fully saturated rings. The molecule has 1 aromatic heterocycles. The Morgan fingerprint density at radius 1 is 1.29 bits per heavy atom. The second kappa shape index (κ2) is 5.11. The third-order valence-corrected chi connectivity index (χ3v) is 3.93. The smallest absolute Gasteiger partial charge is 0.410 e. The van der Waals surface area contributed by atoms with Gasteiger partial charge in [-0.1, -0.05) is 23.5 Å². The predicted molar refractivity (Wildman–Crippen MR) is 80.8 cm³/mol. The first-order chi connectivity index (χ1) is 9.92. The van der Waals surface area contributed by atoms with Crippen molar-refractivity contribution in [1.29, 1.82) is 0 Å². The van der Waals surface area contributed by atoms with E-state index >= 15 is 0 Å². The number of carbonyl (C=O) groups excluding carboxylic acids is 1. The van der Waals surface area contributed by atoms with Crippen LogP contribution in [0.3, 0.4) is 0 Å². The van der Waals surface area contributed by atoms with Gasteiger partial charge in [0, 0.05) is 18.7 Å². The van der Waals surface area contributed by atoms with Crippen molar-refractivity contribution < 1.29 is 9.53 Å². The number of hydrogen-bond donors (Lipinski definition) is 0. The number of ether oxygens (including phenoxy) is 1. The minimum absolute atomic E-state index is 0.267. The van der Waals surface area contributed by atoms with Gasteiger partial charge in [-0.15, -0.1) is 10.2 Å². The standard InChI is InChI=1S/C15H17N3O2S/c1-15(2,3)20-14(19)18-7-11-5-4-10(6-12(11)8-18)13-17-16-9-21-13/h4-6,9H,7-8H2,1-3H3. The summed E-state index contributed by atoms with van der Waals surface area (Å²) in [6.45, 7) is 6.81. The molecule has 0 atom stereocenters. The maximum absolute atomic E-state index is 12.1. The first-order valence-electron chi connectivity index (χ1n) is 6.79. The van der Waals surface area contributed by atoms with Crippen LogP contribution in [-0.2, 0) is 17.8 Å². The molecule has 0 unspecified atom stereocenters. The summed E-state index contributed by atoms with van der Waals surface area (Å²) in [6, 6.07) is 6.16. The zero-order valence-corrected chi connectivity index (χ0v) is 13.1. The monoisotopic (exact) mass is 303 g/mol. The molecule has 0 radical (unpaired) electrons. The van der Waals surface area contributed by atoms with E-state index in [0.717, 1.165) is 21.7 Å². The first-order valence-corrected chi connectivity index (χ1v) is 7.66. The Kier molecular flexibility index (Phi) is 3.41. The fourth-order valence-electron chi connectivity index (χ4n) is 2.28. The topological polar surface area (TPSA) is 55.3 Å². The molecule has 3 rings (SSSR count). The van der Waals surface area contributed by atoms with E-state index in [2.05, 4.69) is 22.3 Å². The van der Waals surface area contributed by atoms with Gasteiger partial charge in [0.05, 0.1) is 0 Å². The number of benzene rings is 1. The summed E-state index contributed by atoms with van der Waals surface area (Å²) in [5.74, 6) is 0. The van der Waals surface area contributed by atoms with Gasteiger partial charge in [-0.05, 0) is 38.0 Å². The highest BCUT2D eigenvalue weighted by atomic mass is 32.1. The molecule has 0 spiro atoms. The Morgan fingerprint density at radius 2 is 2.05 bits per heavy atom. The van der Waals surface area contributed by atoms with E-state index < -0.39 is 5.60 Å². The maximum atomic E-state index is 12.1. The van der Waals surface area contributed by atoms with Gasteiger partial charge in [0.15, 0.2) is 0 Å². The van der Waals surface area contributed by atoms with Gasteiger partial charge in [0.2, 0.25) is 0 Å². The first kappa shape index (κ1) is 14.0. The van der Waals surface area contributed by atoms with Crippen LogP contribution in [-0.4, -0.2) is 26.8 Å². The summed E-state index contributed by atoms with van der Waals surface area (Å²) in [5, 5.41) is 8.83. The Bertz CT molecular complexity index is 662. The van der Waals surface area contributed by atoms with Gasteiger partial charge in [0.1, 0.15) is 16.1 Å². The van der Waals surface area contributed by atoms with E-state index in [9.17, 15) is 4.79 Å². The predicted octanol–water partition coefficient (Wildman–Crippen LogP) is 3.46. The number of amides is 1. The van der Waals surface area contributed by atoms with Crippen LogP contribution < -0.4 is 0 Å². The Hall–Kier alpha value is -1.95. The van der Waals surface area contributed by atoms with Crippen molar-refractivity contribution in [1.82, 2.24) is 15.1 Å². The molecule has 1 aliphatic rings. The molecule has 0 bridgehead atoms. The van der Waals surface area contributed by atoms with Crippen LogP contribution in [0.1, 0.15) is 31.9 Å². The van der Waals surface area contributed by atoms with Gasteiger partial charge < -0.3 is 4.74 Å². The van der Waals surface area contributed by atoms with E-state index in [-0.39, 0.29) is 6.09 Å². The Balaban J connectivity index is 1.77. The van der Waals surface area contributed by atoms with Crippen LogP contribution >= 0.6 is 11.3 Å². The Labute approximate surface area is 127 Å². The van der Waals surface area contributed by atoms with Gasteiger partial charge in [-0.3, -0.25) is 4.90 Å². The van der Waals surface area contributed by atoms with E-state index in [1.165, 1.54) is 11.3 Å². The van der Waals surface area contributed by atoms with Crippen molar-refractivity contribution in [3.63, 3.8) is 0 Å². The summed E-state index contributed by atoms with van der Waals surface area (Å²) < 4.78 is 5.42. The molecule has 1 amide bonds. The molecular weight excluding hydrogens is 286 g/mol. The third-order valence-electron chi connectivity index (χ3n) is 3.19. The summed E-state index contributed by atoms with van der Waals surface area (Å²) >= 11 is 1.51. The van der Waals surface area contributed by atoms with Gasteiger partial charge in [0.25, 0.3) is 0 Å². The number of rotatable bonds is 1. The van der Waals surface area contributed by atoms with Crippen molar-refractivity contribution in [3.05, 3.63) is 34.8 Å². The fraction of sp³-hybridized carbons (Fsp3) is 0.400. The molecule has 21 heavy (non-hydrogen) atoms. The van der Waals surface area contributed by atoms with Crippen LogP contribution in [0.4, 0.5) is 4.79 Å². The molecule has 2 aromatic rings. The van der Waals surface area contributed by atoms with Crippen molar-refractivity contribution >= 4 is 17.4 Å². The largest absolute Gasteiger partial charge is 0.444 e. The lowest BCUT2D eigenvalue weighted by Gasteiger charge is -2.24. The number of aromatic nitrogens is 2. The third kappa shape index (κ3) is 3.05. The van der Waals surface area contributed by atoms with Crippen LogP contribution in [0.25, 0.3) is 10.6 Å². The zero-order chi connectivity index (χ0) is 15.0. The van der Waals surface area contributed by atoms with E-state index in [0.29, 0.717) is 13.1 Å². The maximum Gasteiger partial charge on any atom is 0.410 e. The molecule has 1 aliphatic heterocycles. The number of carbonyl (C=O) groups is 1. The lowest BCUT2D eigenvalue weighted by atomic mass is 10.1. The van der Waals surface area contributed by atoms with Crippen LogP contribution in [0.5, 0.6) is 0 Å². The van der Waals surface area contributed by atoms with Crippen LogP contribution in [0.2, 0.25) is 0 Å². The highest BCUT2D eigenvalue weighted by molar-refractivity contribution is 7.12. The highest BCUT2D eigenvalue weighted by Crippen LogP contribution is 2.29. The van der Waals surface area contributed by atoms with Crippen LogP contribution in [0.15, 0.2) is 23.7 Å². The fourth-order valence-corrected chi connectivity index (χ4v) is 2.83. The summed E-state index contributed by atoms with van der Waals surface area (Å²) in [7, 11) is 0. The van der Waals surface area contributed by atoms with Crippen molar-refractivity contribution in [3.8, 4) is 10.6 Å². The SMILES string of the molecule is CC(C)(C)OC(=O)N1Cc2ccc(-c3nncs3)cc2C1. The van der Waals surface area contributed by atoms with Gasteiger partial charge >= 0.3 is 6.09 Å². The van der Waals surface area contributed by atoms with E-state index in [1.807, 2.05) is 26.8 Å². The zero-order valence-electron chi connectivity index (χ0n) is 12.3. The molecule has 2 heterocycles. The molecular formula is C15H17N3O2S. The molecule has 0 aliphatic carbocycles. The molecule has 5 nitrogen and oxygen atoms in total. The normalized spacial score (nSPS) is 14.1.